The monoisotopic (exact) mass is 172 g/mol. The largest absolute Gasteiger partial charge is 0.231 e. The third kappa shape index (κ3) is 3.21. The second-order valence-corrected chi connectivity index (χ2v) is 2.43. The molecule has 0 aliphatic rings. The van der Waals surface area contributed by atoms with Crippen LogP contribution in [0.1, 0.15) is 0 Å². The van der Waals surface area contributed by atoms with Crippen molar-refractivity contribution in [3.63, 3.8) is 0 Å². The molecule has 52 valence electrons. The van der Waals surface area contributed by atoms with Gasteiger partial charge in [0.2, 0.25) is 0 Å². The number of nitrogens with zero attached hydrogens (tertiary/aromatic N) is 4. The number of hydrogen-bond acceptors (Lipinski definition) is 6. The Morgan fingerprint density at radius 3 is 1.40 bits per heavy atom. The summed E-state index contributed by atoms with van der Waals surface area (Å²) < 4.78 is 7.31. The normalized spacial score (nSPS) is 8.00. The quantitative estimate of drug-likeness (QED) is 0.596. The molecule has 2 aromatic rings. The molecular weight excluding hydrogens is 168 g/mol. The Labute approximate surface area is 65.9 Å². The van der Waals surface area contributed by atoms with Crippen molar-refractivity contribution >= 4 is 23.1 Å². The van der Waals surface area contributed by atoms with Crippen LogP contribution in [0.15, 0.2) is 23.7 Å². The van der Waals surface area contributed by atoms with Gasteiger partial charge in [0.25, 0.3) is 0 Å². The lowest BCUT2D eigenvalue weighted by molar-refractivity contribution is 1.33. The lowest BCUT2D eigenvalue weighted by atomic mass is 11.4. The summed E-state index contributed by atoms with van der Waals surface area (Å²) in [7, 11) is 0. The first kappa shape index (κ1) is 7.23. The highest BCUT2D eigenvalue weighted by atomic mass is 32.1. The van der Waals surface area contributed by atoms with Crippen LogP contribution in [0, 0.1) is 0 Å². The van der Waals surface area contributed by atoms with Crippen LogP contribution in [0.4, 0.5) is 0 Å². The average molecular weight is 172 g/mol. The van der Waals surface area contributed by atoms with E-state index in [1.165, 1.54) is 35.7 Å². The minimum atomic E-state index is 1.35. The highest BCUT2D eigenvalue weighted by molar-refractivity contribution is 7.03. The van der Waals surface area contributed by atoms with Crippen molar-refractivity contribution in [2.75, 3.05) is 0 Å². The average Bonchev–Trinajstić information content (AvgIpc) is 2.67. The Hall–Kier alpha value is -0.880. The van der Waals surface area contributed by atoms with E-state index in [1.54, 1.807) is 11.0 Å². The van der Waals surface area contributed by atoms with Gasteiger partial charge in [-0.25, -0.2) is 9.97 Å². The summed E-state index contributed by atoms with van der Waals surface area (Å²) in [6.07, 6.45) is 3.04. The highest BCUT2D eigenvalue weighted by Crippen LogP contribution is 1.77. The Bertz CT molecular complexity index is 154. The van der Waals surface area contributed by atoms with E-state index in [4.69, 9.17) is 0 Å². The predicted octanol–water partition coefficient (Wildman–Crippen LogP) is 1.08. The van der Waals surface area contributed by atoms with Crippen LogP contribution in [0.2, 0.25) is 0 Å². The van der Waals surface area contributed by atoms with Crippen molar-refractivity contribution in [2.45, 2.75) is 0 Å². The summed E-state index contributed by atoms with van der Waals surface area (Å²) in [5, 5.41) is 0. The summed E-state index contributed by atoms with van der Waals surface area (Å²) in [5.74, 6) is 0. The van der Waals surface area contributed by atoms with Gasteiger partial charge in [-0.1, -0.05) is 0 Å². The SMILES string of the molecule is c1ncsn1.c1ncsn1. The van der Waals surface area contributed by atoms with Crippen LogP contribution in [-0.2, 0) is 0 Å². The van der Waals surface area contributed by atoms with Crippen LogP contribution in [0.3, 0.4) is 0 Å². The van der Waals surface area contributed by atoms with Gasteiger partial charge in [0.15, 0.2) is 0 Å². The fraction of sp³-hybridized carbons (Fsp3) is 0. The minimum absolute atomic E-state index is 1.35. The number of rotatable bonds is 0. The summed E-state index contributed by atoms with van der Waals surface area (Å²) in [5.41, 5.74) is 3.36. The van der Waals surface area contributed by atoms with Crippen molar-refractivity contribution in [2.24, 2.45) is 0 Å². The topological polar surface area (TPSA) is 51.6 Å². The second-order valence-electron chi connectivity index (χ2n) is 1.16. The number of hydrogen-bond donors (Lipinski definition) is 0. The molecule has 0 N–H and O–H groups in total. The van der Waals surface area contributed by atoms with Crippen LogP contribution in [0.25, 0.3) is 0 Å². The van der Waals surface area contributed by atoms with E-state index >= 15 is 0 Å². The summed E-state index contributed by atoms with van der Waals surface area (Å²) in [6, 6.07) is 0. The molecule has 2 rings (SSSR count). The lowest BCUT2D eigenvalue weighted by Gasteiger charge is -1.38. The molecular formula is C4H4N4S2. The van der Waals surface area contributed by atoms with Gasteiger partial charge in [0, 0.05) is 0 Å². The zero-order valence-corrected chi connectivity index (χ0v) is 6.55. The van der Waals surface area contributed by atoms with Crippen molar-refractivity contribution in [3.8, 4) is 0 Å². The molecule has 0 saturated heterocycles. The van der Waals surface area contributed by atoms with Gasteiger partial charge in [-0.2, -0.15) is 8.75 Å². The smallest absolute Gasteiger partial charge is 0.129 e. The zero-order valence-electron chi connectivity index (χ0n) is 4.91. The fourth-order valence-corrected chi connectivity index (χ4v) is 0.816. The standard InChI is InChI=1S/2C2H2N2S/c2*1-3-2-5-4-1/h2*1-2H. The van der Waals surface area contributed by atoms with Crippen LogP contribution in [-0.4, -0.2) is 18.7 Å². The summed E-state index contributed by atoms with van der Waals surface area (Å²) in [6.45, 7) is 0. The molecule has 2 heterocycles. The first-order chi connectivity index (χ1) is 5.00. The molecule has 0 amide bonds. The van der Waals surface area contributed by atoms with Crippen molar-refractivity contribution in [3.05, 3.63) is 23.7 Å². The van der Waals surface area contributed by atoms with E-state index in [2.05, 4.69) is 18.7 Å². The Kier molecular flexibility index (Phi) is 3.58. The molecule has 0 saturated carbocycles. The maximum atomic E-state index is 3.65. The molecule has 0 fully saturated rings. The van der Waals surface area contributed by atoms with E-state index < -0.39 is 0 Å². The third-order valence-corrected chi connectivity index (χ3v) is 1.43. The van der Waals surface area contributed by atoms with Gasteiger partial charge >= 0.3 is 0 Å². The Morgan fingerprint density at radius 2 is 1.30 bits per heavy atom. The van der Waals surface area contributed by atoms with Crippen LogP contribution in [0.5, 0.6) is 0 Å². The molecule has 6 heteroatoms. The molecule has 0 spiro atoms. The fourth-order valence-electron chi connectivity index (χ4n) is 0.272. The third-order valence-electron chi connectivity index (χ3n) is 0.565. The van der Waals surface area contributed by atoms with Gasteiger partial charge in [0.05, 0.1) is 0 Å². The van der Waals surface area contributed by atoms with Gasteiger partial charge < -0.3 is 0 Å². The van der Waals surface area contributed by atoms with Crippen molar-refractivity contribution in [1.82, 2.24) is 18.7 Å². The highest BCUT2D eigenvalue weighted by Gasteiger charge is 1.61. The molecule has 10 heavy (non-hydrogen) atoms. The van der Waals surface area contributed by atoms with Crippen molar-refractivity contribution < 1.29 is 0 Å². The second kappa shape index (κ2) is 4.95. The maximum absolute atomic E-state index is 3.65. The molecule has 0 aliphatic carbocycles. The van der Waals surface area contributed by atoms with Gasteiger partial charge in [-0.3, -0.25) is 0 Å². The molecule has 0 aliphatic heterocycles. The number of aromatic nitrogens is 4. The van der Waals surface area contributed by atoms with Crippen LogP contribution < -0.4 is 0 Å². The molecule has 0 aromatic carbocycles. The Morgan fingerprint density at radius 1 is 0.800 bits per heavy atom. The molecule has 4 nitrogen and oxygen atoms in total. The molecule has 0 radical (unpaired) electrons. The molecule has 0 bridgehead atoms. The van der Waals surface area contributed by atoms with E-state index in [0.29, 0.717) is 0 Å². The zero-order chi connectivity index (χ0) is 7.07. The van der Waals surface area contributed by atoms with Crippen LogP contribution >= 0.6 is 23.1 Å². The molecule has 0 atom stereocenters. The summed E-state index contributed by atoms with van der Waals surface area (Å²) >= 11 is 2.70. The Balaban J connectivity index is 0.0000001000. The lowest BCUT2D eigenvalue weighted by Crippen LogP contribution is -1.43. The van der Waals surface area contributed by atoms with E-state index in [0.717, 1.165) is 0 Å². The van der Waals surface area contributed by atoms with Gasteiger partial charge in [0.1, 0.15) is 23.7 Å². The van der Waals surface area contributed by atoms with E-state index in [-0.39, 0.29) is 0 Å². The first-order valence-electron chi connectivity index (χ1n) is 2.39. The first-order valence-corrected chi connectivity index (χ1v) is 4.06. The van der Waals surface area contributed by atoms with Gasteiger partial charge in [-0.15, -0.1) is 0 Å². The predicted molar refractivity (Wildman–Crippen MR) is 39.8 cm³/mol. The van der Waals surface area contributed by atoms with Crippen molar-refractivity contribution in [1.29, 1.82) is 0 Å². The van der Waals surface area contributed by atoms with E-state index in [9.17, 15) is 0 Å². The molecule has 2 aromatic heterocycles. The maximum Gasteiger partial charge on any atom is 0.129 e. The van der Waals surface area contributed by atoms with E-state index in [1.807, 2.05) is 0 Å². The summed E-state index contributed by atoms with van der Waals surface area (Å²) in [4.78, 5) is 7.26. The molecule has 0 unspecified atom stereocenters. The van der Waals surface area contributed by atoms with Gasteiger partial charge in [-0.05, 0) is 23.1 Å². The minimum Gasteiger partial charge on any atom is -0.231 e.